The Morgan fingerprint density at radius 2 is 2.14 bits per heavy atom. The number of nitrogens with zero attached hydrogens (tertiary/aromatic N) is 1. The predicted octanol–water partition coefficient (Wildman–Crippen LogP) is 3.83. The van der Waals surface area contributed by atoms with Gasteiger partial charge in [-0.05, 0) is 55.0 Å². The molecule has 0 radical (unpaired) electrons. The van der Waals surface area contributed by atoms with E-state index in [9.17, 15) is 9.59 Å². The molecule has 1 aromatic carbocycles. The van der Waals surface area contributed by atoms with Crippen LogP contribution in [0.15, 0.2) is 35.7 Å². The number of thiophene rings is 1. The Morgan fingerprint density at radius 3 is 2.82 bits per heavy atom. The number of carbonyl (C=O) groups is 2. The zero-order valence-electron chi connectivity index (χ0n) is 12.5. The second kappa shape index (κ2) is 6.32. The lowest BCUT2D eigenvalue weighted by atomic mass is 10.1. The first-order valence-corrected chi connectivity index (χ1v) is 8.29. The minimum absolute atomic E-state index is 0.101. The molecule has 1 fully saturated rings. The number of piperidine rings is 1. The van der Waals surface area contributed by atoms with Gasteiger partial charge in [0.15, 0.2) is 0 Å². The lowest BCUT2D eigenvalue weighted by Crippen LogP contribution is -2.35. The summed E-state index contributed by atoms with van der Waals surface area (Å²) in [6.45, 7) is 2.75. The summed E-state index contributed by atoms with van der Waals surface area (Å²) in [5.41, 5.74) is 2.70. The van der Waals surface area contributed by atoms with E-state index in [1.807, 2.05) is 41.5 Å². The Morgan fingerprint density at radius 1 is 1.27 bits per heavy atom. The minimum atomic E-state index is -0.101. The molecular weight excluding hydrogens is 296 g/mol. The van der Waals surface area contributed by atoms with Crippen LogP contribution in [-0.4, -0.2) is 18.4 Å². The molecule has 0 spiro atoms. The summed E-state index contributed by atoms with van der Waals surface area (Å²) in [7, 11) is 0. The molecule has 0 aliphatic carbocycles. The molecule has 0 unspecified atom stereocenters. The third-order valence-electron chi connectivity index (χ3n) is 3.81. The van der Waals surface area contributed by atoms with E-state index >= 15 is 0 Å². The third-order valence-corrected chi connectivity index (χ3v) is 4.68. The van der Waals surface area contributed by atoms with Gasteiger partial charge in [0, 0.05) is 24.3 Å². The van der Waals surface area contributed by atoms with Gasteiger partial charge in [0.1, 0.15) is 0 Å². The zero-order chi connectivity index (χ0) is 15.5. The number of benzene rings is 1. The maximum Gasteiger partial charge on any atom is 0.265 e. The highest BCUT2D eigenvalue weighted by molar-refractivity contribution is 7.12. The van der Waals surface area contributed by atoms with Crippen LogP contribution in [0.5, 0.6) is 0 Å². The zero-order valence-corrected chi connectivity index (χ0v) is 13.3. The normalized spacial score (nSPS) is 15.0. The second-order valence-corrected chi connectivity index (χ2v) is 6.38. The molecule has 4 nitrogen and oxygen atoms in total. The van der Waals surface area contributed by atoms with Gasteiger partial charge in [0.05, 0.1) is 4.88 Å². The molecule has 1 saturated heterocycles. The number of hydrogen-bond donors (Lipinski definition) is 1. The van der Waals surface area contributed by atoms with Crippen molar-refractivity contribution in [3.63, 3.8) is 0 Å². The first-order chi connectivity index (χ1) is 10.6. The number of nitrogens with one attached hydrogen (secondary N) is 1. The van der Waals surface area contributed by atoms with E-state index in [1.165, 1.54) is 11.3 Å². The number of amides is 2. The Balaban J connectivity index is 1.77. The van der Waals surface area contributed by atoms with Crippen molar-refractivity contribution in [3.8, 4) is 0 Å². The van der Waals surface area contributed by atoms with Crippen molar-refractivity contribution in [1.82, 2.24) is 0 Å². The van der Waals surface area contributed by atoms with Crippen molar-refractivity contribution in [2.75, 3.05) is 16.8 Å². The van der Waals surface area contributed by atoms with E-state index in [1.54, 1.807) is 6.07 Å². The summed E-state index contributed by atoms with van der Waals surface area (Å²) >= 11 is 1.42. The Bertz CT molecular complexity index is 695. The molecule has 114 valence electrons. The largest absolute Gasteiger partial charge is 0.321 e. The van der Waals surface area contributed by atoms with Crippen molar-refractivity contribution in [2.45, 2.75) is 26.2 Å². The van der Waals surface area contributed by atoms with Gasteiger partial charge in [-0.25, -0.2) is 0 Å². The fraction of sp³-hybridized carbons (Fsp3) is 0.294. The number of rotatable bonds is 3. The van der Waals surface area contributed by atoms with E-state index in [4.69, 9.17) is 0 Å². The molecule has 0 atom stereocenters. The van der Waals surface area contributed by atoms with Gasteiger partial charge in [-0.1, -0.05) is 6.07 Å². The molecule has 0 bridgehead atoms. The topological polar surface area (TPSA) is 49.4 Å². The van der Waals surface area contributed by atoms with Gasteiger partial charge in [0.2, 0.25) is 5.91 Å². The molecule has 2 amide bonds. The van der Waals surface area contributed by atoms with E-state index in [2.05, 4.69) is 5.32 Å². The average molecular weight is 314 g/mol. The predicted molar refractivity (Wildman–Crippen MR) is 89.7 cm³/mol. The van der Waals surface area contributed by atoms with Crippen LogP contribution in [0, 0.1) is 6.92 Å². The molecule has 1 aromatic heterocycles. The first kappa shape index (κ1) is 14.8. The molecular formula is C17H18N2O2S. The molecule has 1 aliphatic rings. The summed E-state index contributed by atoms with van der Waals surface area (Å²) in [4.78, 5) is 26.6. The molecule has 5 heteroatoms. The molecule has 2 heterocycles. The van der Waals surface area contributed by atoms with Gasteiger partial charge in [-0.3, -0.25) is 9.59 Å². The quantitative estimate of drug-likeness (QED) is 0.936. The van der Waals surface area contributed by atoms with Gasteiger partial charge in [-0.15, -0.1) is 11.3 Å². The smallest absolute Gasteiger partial charge is 0.265 e. The summed E-state index contributed by atoms with van der Waals surface area (Å²) in [6, 6.07) is 9.35. The lowest BCUT2D eigenvalue weighted by molar-refractivity contribution is -0.119. The van der Waals surface area contributed by atoms with E-state index in [0.717, 1.165) is 36.3 Å². The Kier molecular flexibility index (Phi) is 4.24. The lowest BCUT2D eigenvalue weighted by Gasteiger charge is -2.28. The van der Waals surface area contributed by atoms with Crippen LogP contribution >= 0.6 is 11.3 Å². The molecule has 1 N–H and O–H groups in total. The van der Waals surface area contributed by atoms with Crippen molar-refractivity contribution in [2.24, 2.45) is 0 Å². The fourth-order valence-electron chi connectivity index (χ4n) is 2.70. The van der Waals surface area contributed by atoms with Gasteiger partial charge in [-0.2, -0.15) is 0 Å². The average Bonchev–Trinajstić information content (AvgIpc) is 3.03. The van der Waals surface area contributed by atoms with Crippen LogP contribution in [-0.2, 0) is 4.79 Å². The molecule has 22 heavy (non-hydrogen) atoms. The van der Waals surface area contributed by atoms with Crippen molar-refractivity contribution < 1.29 is 9.59 Å². The van der Waals surface area contributed by atoms with Crippen LogP contribution in [0.1, 0.15) is 34.5 Å². The van der Waals surface area contributed by atoms with Crippen LogP contribution in [0.2, 0.25) is 0 Å². The van der Waals surface area contributed by atoms with E-state index in [-0.39, 0.29) is 11.8 Å². The number of hydrogen-bond acceptors (Lipinski definition) is 3. The molecule has 1 aliphatic heterocycles. The van der Waals surface area contributed by atoms with E-state index in [0.29, 0.717) is 11.3 Å². The van der Waals surface area contributed by atoms with Crippen molar-refractivity contribution >= 4 is 34.5 Å². The molecule has 0 saturated carbocycles. The first-order valence-electron chi connectivity index (χ1n) is 7.41. The summed E-state index contributed by atoms with van der Waals surface area (Å²) in [6.07, 6.45) is 2.64. The van der Waals surface area contributed by atoms with Gasteiger partial charge < -0.3 is 10.2 Å². The standard InChI is InChI=1S/C17H18N2O2S/c1-12-11-13(18-17(21)15-5-4-10-22-15)7-8-14(12)19-9-3-2-6-16(19)20/h4-5,7-8,10-11H,2-3,6,9H2,1H3,(H,18,21). The molecule has 3 rings (SSSR count). The maximum absolute atomic E-state index is 12.1. The third kappa shape index (κ3) is 3.04. The number of aryl methyl sites for hydroxylation is 1. The monoisotopic (exact) mass is 314 g/mol. The van der Waals surface area contributed by atoms with E-state index < -0.39 is 0 Å². The van der Waals surface area contributed by atoms with Crippen molar-refractivity contribution in [3.05, 3.63) is 46.2 Å². The van der Waals surface area contributed by atoms with Gasteiger partial charge >= 0.3 is 0 Å². The highest BCUT2D eigenvalue weighted by Crippen LogP contribution is 2.27. The Hall–Kier alpha value is -2.14. The second-order valence-electron chi connectivity index (χ2n) is 5.44. The number of anilines is 2. The summed E-state index contributed by atoms with van der Waals surface area (Å²) < 4.78 is 0. The summed E-state index contributed by atoms with van der Waals surface area (Å²) in [5, 5.41) is 4.77. The SMILES string of the molecule is Cc1cc(NC(=O)c2cccs2)ccc1N1CCCCC1=O. The van der Waals surface area contributed by atoms with Crippen LogP contribution in [0.3, 0.4) is 0 Å². The molecule has 2 aromatic rings. The highest BCUT2D eigenvalue weighted by atomic mass is 32.1. The Labute approximate surface area is 133 Å². The minimum Gasteiger partial charge on any atom is -0.321 e. The van der Waals surface area contributed by atoms with Crippen LogP contribution < -0.4 is 10.2 Å². The van der Waals surface area contributed by atoms with Gasteiger partial charge in [0.25, 0.3) is 5.91 Å². The van der Waals surface area contributed by atoms with Crippen LogP contribution in [0.4, 0.5) is 11.4 Å². The fourth-order valence-corrected chi connectivity index (χ4v) is 3.32. The highest BCUT2D eigenvalue weighted by Gasteiger charge is 2.21. The van der Waals surface area contributed by atoms with Crippen molar-refractivity contribution in [1.29, 1.82) is 0 Å². The maximum atomic E-state index is 12.1. The van der Waals surface area contributed by atoms with Crippen LogP contribution in [0.25, 0.3) is 0 Å². The summed E-state index contributed by atoms with van der Waals surface area (Å²) in [5.74, 6) is 0.0842. The number of carbonyl (C=O) groups excluding carboxylic acids is 2.